The van der Waals surface area contributed by atoms with E-state index in [4.69, 9.17) is 0 Å². The minimum atomic E-state index is -0.393. The van der Waals surface area contributed by atoms with Gasteiger partial charge in [0.25, 0.3) is 11.8 Å². The second kappa shape index (κ2) is 11.2. The van der Waals surface area contributed by atoms with Crippen LogP contribution in [0, 0.1) is 30.1 Å². The molecule has 3 N–H and O–H groups in total. The first-order chi connectivity index (χ1) is 20.2. The number of amides is 4. The number of nitrogens with zero attached hydrogens (tertiary/aromatic N) is 4. The molecule has 0 spiro atoms. The summed E-state index contributed by atoms with van der Waals surface area (Å²) < 4.78 is 0. The van der Waals surface area contributed by atoms with E-state index in [9.17, 15) is 19.6 Å². The summed E-state index contributed by atoms with van der Waals surface area (Å²) in [7, 11) is 0. The Labute approximate surface area is 248 Å². The van der Waals surface area contributed by atoms with Crippen LogP contribution in [0.25, 0.3) is 10.2 Å². The van der Waals surface area contributed by atoms with Crippen molar-refractivity contribution in [2.45, 2.75) is 71.4 Å². The molecule has 0 bridgehead atoms. The topological polar surface area (TPSA) is 140 Å². The summed E-state index contributed by atoms with van der Waals surface area (Å²) in [6.45, 7) is 6.25. The minimum Gasteiger partial charge on any atom is -0.347 e. The number of urea groups is 1. The monoisotopic (exact) mass is 583 g/mol. The second-order valence-electron chi connectivity index (χ2n) is 11.8. The van der Waals surface area contributed by atoms with Crippen LogP contribution in [-0.2, 0) is 11.2 Å². The number of hydrogen-bond acceptors (Lipinski definition) is 7. The number of aryl methyl sites for hydroxylation is 1. The fourth-order valence-corrected chi connectivity index (χ4v) is 6.82. The van der Waals surface area contributed by atoms with Gasteiger partial charge in [0.05, 0.1) is 28.6 Å². The predicted octanol–water partition coefficient (Wildman–Crippen LogP) is 5.51. The van der Waals surface area contributed by atoms with Crippen LogP contribution in [0.3, 0.4) is 0 Å². The summed E-state index contributed by atoms with van der Waals surface area (Å²) in [6, 6.07) is 4.86. The molecule has 0 unspecified atom stereocenters. The van der Waals surface area contributed by atoms with Gasteiger partial charge in [-0.15, -0.1) is 11.3 Å². The number of nitrogens with one attached hydrogen (secondary N) is 3. The number of aromatic nitrogens is 2. The summed E-state index contributed by atoms with van der Waals surface area (Å²) in [4.78, 5) is 51.6. The Hall–Kier alpha value is -4.30. The first-order valence-corrected chi connectivity index (χ1v) is 15.3. The van der Waals surface area contributed by atoms with Crippen LogP contribution in [0.5, 0.6) is 0 Å². The fourth-order valence-electron chi connectivity index (χ4n) is 5.80. The summed E-state index contributed by atoms with van der Waals surface area (Å²) in [6.07, 6.45) is 10.2. The van der Waals surface area contributed by atoms with Crippen LogP contribution < -0.4 is 20.9 Å². The largest absolute Gasteiger partial charge is 0.347 e. The number of nitriles is 1. The van der Waals surface area contributed by atoms with Crippen molar-refractivity contribution in [3.63, 3.8) is 0 Å². The van der Waals surface area contributed by atoms with Crippen LogP contribution in [0.1, 0.15) is 66.9 Å². The van der Waals surface area contributed by atoms with E-state index in [1.54, 1.807) is 29.4 Å². The zero-order valence-electron chi connectivity index (χ0n) is 23.9. The lowest BCUT2D eigenvalue weighted by atomic mass is 10.0. The summed E-state index contributed by atoms with van der Waals surface area (Å²) in [5.74, 6) is 0.0525. The highest BCUT2D eigenvalue weighted by Crippen LogP contribution is 2.46. The van der Waals surface area contributed by atoms with Crippen molar-refractivity contribution < 1.29 is 14.4 Å². The molecular formula is C31H33N7O3S. The zero-order valence-corrected chi connectivity index (χ0v) is 24.7. The van der Waals surface area contributed by atoms with E-state index in [1.807, 2.05) is 19.1 Å². The molecule has 216 valence electrons. The molecule has 3 aromatic rings. The highest BCUT2D eigenvalue weighted by Gasteiger charge is 2.36. The van der Waals surface area contributed by atoms with E-state index >= 15 is 0 Å². The molecule has 2 saturated carbocycles. The number of allylic oxidation sites excluding steroid dienone is 1. The lowest BCUT2D eigenvalue weighted by Gasteiger charge is -2.29. The minimum absolute atomic E-state index is 0.134. The third-order valence-electron chi connectivity index (χ3n) is 7.99. The number of carbonyl (C=O) groups is 3. The Bertz CT molecular complexity index is 1670. The van der Waals surface area contributed by atoms with Gasteiger partial charge in [-0.3, -0.25) is 19.5 Å². The first kappa shape index (κ1) is 27.8. The molecule has 3 aliphatic rings. The maximum atomic E-state index is 13.6. The van der Waals surface area contributed by atoms with Crippen molar-refractivity contribution in [3.8, 4) is 6.07 Å². The number of rotatable bonds is 8. The Morgan fingerprint density at radius 2 is 1.95 bits per heavy atom. The fraction of sp³-hybridized carbons (Fsp3) is 0.419. The zero-order chi connectivity index (χ0) is 29.5. The molecule has 11 heteroatoms. The van der Waals surface area contributed by atoms with Crippen LogP contribution >= 0.6 is 11.3 Å². The average Bonchev–Trinajstić information content (AvgIpc) is 3.55. The standard InChI is InChI=1S/C31H33N7O3S/c1-16(2)11-20-12-17(3)24(15-34-20)38-23-9-10-33-30-25(23)26(37-31(38)41)27(42-30)29(40)36-22-6-4-5-21(22)35-28(39)19(14-32)13-18-7-8-18/h9-10,12-13,15-16,18,21-22H,4-8,11H2,1-3H3,(H,35,39)(H,36,40)(H,37,41)/b19-13+/t21-,22-/m0/s1. The van der Waals surface area contributed by atoms with Crippen molar-refractivity contribution in [1.29, 1.82) is 5.26 Å². The Morgan fingerprint density at radius 3 is 2.64 bits per heavy atom. The van der Waals surface area contributed by atoms with Crippen molar-refractivity contribution >= 4 is 56.5 Å². The summed E-state index contributed by atoms with van der Waals surface area (Å²) in [5.41, 5.74) is 3.80. The number of hydrogen-bond donors (Lipinski definition) is 3. The van der Waals surface area contributed by atoms with Crippen molar-refractivity contribution in [2.24, 2.45) is 11.8 Å². The van der Waals surface area contributed by atoms with Gasteiger partial charge in [-0.25, -0.2) is 9.78 Å². The van der Waals surface area contributed by atoms with Gasteiger partial charge in [0.1, 0.15) is 21.3 Å². The van der Waals surface area contributed by atoms with E-state index in [2.05, 4.69) is 39.8 Å². The molecule has 0 saturated heterocycles. The Kier molecular flexibility index (Phi) is 7.41. The number of carbonyl (C=O) groups excluding carboxylic acids is 3. The van der Waals surface area contributed by atoms with E-state index in [-0.39, 0.29) is 29.6 Å². The smallest absolute Gasteiger partial charge is 0.331 e. The number of thiophene rings is 1. The third kappa shape index (κ3) is 5.34. The van der Waals surface area contributed by atoms with Crippen molar-refractivity contribution in [1.82, 2.24) is 20.6 Å². The normalized spacial score (nSPS) is 20.0. The predicted molar refractivity (Wildman–Crippen MR) is 162 cm³/mol. The van der Waals surface area contributed by atoms with Crippen LogP contribution in [0.2, 0.25) is 0 Å². The van der Waals surface area contributed by atoms with Gasteiger partial charge in [0, 0.05) is 24.0 Å². The highest BCUT2D eigenvalue weighted by molar-refractivity contribution is 7.21. The lowest BCUT2D eigenvalue weighted by molar-refractivity contribution is -0.117. The third-order valence-corrected chi connectivity index (χ3v) is 9.09. The van der Waals surface area contributed by atoms with Gasteiger partial charge in [-0.2, -0.15) is 5.26 Å². The molecule has 0 aromatic carbocycles. The summed E-state index contributed by atoms with van der Waals surface area (Å²) in [5, 5.41) is 19.1. The van der Waals surface area contributed by atoms with Gasteiger partial charge in [-0.1, -0.05) is 19.9 Å². The molecule has 2 fully saturated rings. The molecule has 6 rings (SSSR count). The number of pyridine rings is 2. The number of anilines is 3. The molecule has 10 nitrogen and oxygen atoms in total. The molecule has 2 aliphatic carbocycles. The van der Waals surface area contributed by atoms with Gasteiger partial charge in [-0.05, 0) is 75.0 Å². The molecule has 1 aliphatic heterocycles. The maximum Gasteiger partial charge on any atom is 0.331 e. The molecule has 42 heavy (non-hydrogen) atoms. The van der Waals surface area contributed by atoms with Gasteiger partial charge < -0.3 is 16.0 Å². The van der Waals surface area contributed by atoms with Gasteiger partial charge in [0.15, 0.2) is 0 Å². The first-order valence-electron chi connectivity index (χ1n) is 14.4. The average molecular weight is 584 g/mol. The van der Waals surface area contributed by atoms with Gasteiger partial charge >= 0.3 is 6.03 Å². The second-order valence-corrected chi connectivity index (χ2v) is 12.8. The molecule has 4 amide bonds. The molecule has 3 aromatic heterocycles. The van der Waals surface area contributed by atoms with E-state index in [0.29, 0.717) is 56.8 Å². The Balaban J connectivity index is 1.25. The maximum absolute atomic E-state index is 13.6. The molecule has 4 heterocycles. The van der Waals surface area contributed by atoms with E-state index < -0.39 is 5.91 Å². The van der Waals surface area contributed by atoms with Crippen LogP contribution in [0.4, 0.5) is 21.9 Å². The highest BCUT2D eigenvalue weighted by atomic mass is 32.1. The Morgan fingerprint density at radius 1 is 1.19 bits per heavy atom. The quantitative estimate of drug-likeness (QED) is 0.236. The van der Waals surface area contributed by atoms with Crippen LogP contribution in [-0.4, -0.2) is 39.9 Å². The molecular weight excluding hydrogens is 550 g/mol. The SMILES string of the molecule is Cc1cc(CC(C)C)ncc1N1C(=O)Nc2c(C(=O)N[C@H]3CCC[C@@H]3NC(=O)/C(C#N)=C/C3CC3)sc3nccc1c23. The lowest BCUT2D eigenvalue weighted by Crippen LogP contribution is -2.48. The molecule has 2 atom stereocenters. The van der Waals surface area contributed by atoms with E-state index in [0.717, 1.165) is 36.9 Å². The van der Waals surface area contributed by atoms with E-state index in [1.165, 1.54) is 11.3 Å². The summed E-state index contributed by atoms with van der Waals surface area (Å²) >= 11 is 1.22. The van der Waals surface area contributed by atoms with Crippen molar-refractivity contribution in [2.75, 3.05) is 10.2 Å². The van der Waals surface area contributed by atoms with Crippen LogP contribution in [0.15, 0.2) is 36.2 Å². The van der Waals surface area contributed by atoms with Crippen molar-refractivity contribution in [3.05, 3.63) is 52.3 Å². The van der Waals surface area contributed by atoms with Gasteiger partial charge in [0.2, 0.25) is 0 Å². The molecule has 0 radical (unpaired) electrons.